The number of nitrogens with one attached hydrogen (secondary N) is 5. The summed E-state index contributed by atoms with van der Waals surface area (Å²) in [6, 6.07) is 56.6. The second kappa shape index (κ2) is 22.5. The number of hydrogen-bond acceptors (Lipinski definition) is 4. The number of fused-ring (bicyclic) bond motifs is 4. The van der Waals surface area contributed by atoms with Gasteiger partial charge in [-0.15, -0.1) is 0 Å². The fourth-order valence-corrected chi connectivity index (χ4v) is 10.5. The van der Waals surface area contributed by atoms with Crippen molar-refractivity contribution in [3.8, 4) is 33.8 Å². The topological polar surface area (TPSA) is 156 Å². The summed E-state index contributed by atoms with van der Waals surface area (Å²) in [4.78, 5) is 50.9. The van der Waals surface area contributed by atoms with Crippen LogP contribution >= 0.6 is 46.4 Å². The Morgan fingerprint density at radius 1 is 0.410 bits per heavy atom. The summed E-state index contributed by atoms with van der Waals surface area (Å²) in [6.07, 6.45) is 0. The van der Waals surface area contributed by atoms with Crippen LogP contribution in [0, 0.1) is 27.7 Å². The minimum Gasteiger partial charge on any atom is -0.478 e. The summed E-state index contributed by atoms with van der Waals surface area (Å²) in [5.41, 5.74) is 15.6. The molecule has 0 aliphatic carbocycles. The molecule has 0 fully saturated rings. The van der Waals surface area contributed by atoms with E-state index in [1.54, 1.807) is 60.7 Å². The molecule has 14 heteroatoms. The number of benzene rings is 8. The van der Waals surface area contributed by atoms with Gasteiger partial charge in [-0.05, 0) is 159 Å². The van der Waals surface area contributed by atoms with Crippen LogP contribution in [0.25, 0.3) is 77.4 Å². The maximum atomic E-state index is 12.8. The first-order valence-electron chi connectivity index (χ1n) is 24.7. The highest BCUT2D eigenvalue weighted by Crippen LogP contribution is 2.38. The van der Waals surface area contributed by atoms with E-state index >= 15 is 0 Å². The number of carboxylic acids is 1. The molecular weight excluding hydrogens is 1060 g/mol. The molecule has 6 N–H and O–H groups in total. The number of rotatable bonds is 8. The second-order valence-corrected chi connectivity index (χ2v) is 20.4. The average molecular weight is 1110 g/mol. The molecule has 0 unspecified atom stereocenters. The molecule has 10 nitrogen and oxygen atoms in total. The third kappa shape index (κ3) is 11.4. The molecule has 386 valence electrons. The van der Waals surface area contributed by atoms with Gasteiger partial charge in [-0.3, -0.25) is 9.59 Å². The van der Waals surface area contributed by atoms with Crippen LogP contribution in [-0.4, -0.2) is 42.8 Å². The quantitative estimate of drug-likeness (QED) is 0.0894. The van der Waals surface area contributed by atoms with E-state index in [0.717, 1.165) is 83.1 Å². The van der Waals surface area contributed by atoms with Crippen LogP contribution < -0.4 is 10.6 Å². The molecule has 4 aromatic heterocycles. The molecule has 0 atom stereocenters. The van der Waals surface area contributed by atoms with Crippen molar-refractivity contribution in [2.45, 2.75) is 27.7 Å². The molecular formula is C64H48Cl4N6O4. The van der Waals surface area contributed by atoms with Gasteiger partial charge in [-0.2, -0.15) is 0 Å². The molecule has 12 aromatic rings. The van der Waals surface area contributed by atoms with Crippen molar-refractivity contribution >= 4 is 119 Å². The van der Waals surface area contributed by atoms with Crippen LogP contribution in [0.1, 0.15) is 53.3 Å². The predicted octanol–water partition coefficient (Wildman–Crippen LogP) is 18.1. The number of amides is 2. The Hall–Kier alpha value is -8.64. The number of aromatic amines is 3. The Kier molecular flexibility index (Phi) is 15.2. The molecule has 78 heavy (non-hydrogen) atoms. The molecule has 4 heterocycles. The summed E-state index contributed by atoms with van der Waals surface area (Å²) in [5, 5.41) is 21.1. The molecule has 0 aliphatic heterocycles. The zero-order valence-electron chi connectivity index (χ0n) is 42.5. The number of aryl methyl sites for hydroxylation is 4. The van der Waals surface area contributed by atoms with Gasteiger partial charge >= 0.3 is 5.97 Å². The number of aromatic nitrogens is 4. The Balaban J connectivity index is 0.000000135. The lowest BCUT2D eigenvalue weighted by molar-refractivity contribution is 0.0696. The first kappa shape index (κ1) is 52.8. The SMILES string of the molecule is Cc1ccc(NC(=O)c2ccc3cc(-c4c(Cl)cccc4Cl)[nH]c3c2)cc1C.Cc1cccc(C)c1-c1cc2ccc(C(=O)O)cc2[nH]1.O=C(Nc1ccc2ccccc2n1)c1ccc2cc(-c3c(Cl)cccc3Cl)[nH]c2c1. The van der Waals surface area contributed by atoms with Crippen molar-refractivity contribution in [1.29, 1.82) is 0 Å². The number of pyridine rings is 1. The Labute approximate surface area is 469 Å². The van der Waals surface area contributed by atoms with Crippen LogP contribution in [0.15, 0.2) is 182 Å². The molecule has 0 bridgehead atoms. The number of para-hydroxylation sites is 1. The Morgan fingerprint density at radius 3 is 1.37 bits per heavy atom. The van der Waals surface area contributed by atoms with Gasteiger partial charge in [0.25, 0.3) is 11.8 Å². The number of anilines is 2. The number of H-pyrrole nitrogens is 3. The van der Waals surface area contributed by atoms with Gasteiger partial charge in [-0.25, -0.2) is 9.78 Å². The molecule has 0 radical (unpaired) electrons. The Bertz CT molecular complexity index is 4250. The standard InChI is InChI=1S/C24H15Cl2N3O.C23H18Cl2N2O.C17H15NO2/c25-17-5-3-6-18(26)23(17)21-12-15-8-9-16(13-20(15)27-21)24(30)29-22-11-10-14-4-1-2-7-19(14)28-22;1-13-6-9-17(10-14(13)2)26-23(28)16-8-7-15-11-21(27-20(15)12-16)22-18(24)4-3-5-19(22)25;1-10-4-3-5-11(2)16(10)15-8-12-6-7-13(17(19)20)9-14(12)18-15/h1-13,27H,(H,28,29,30);3-12,27H,1-2H3,(H,26,28);3-9,18H,1-2H3,(H,19,20). The lowest BCUT2D eigenvalue weighted by Gasteiger charge is -2.08. The molecule has 0 saturated carbocycles. The smallest absolute Gasteiger partial charge is 0.335 e. The van der Waals surface area contributed by atoms with Crippen LogP contribution in [0.3, 0.4) is 0 Å². The number of carbonyl (C=O) groups excluding carboxylic acids is 2. The first-order chi connectivity index (χ1) is 37.6. The van der Waals surface area contributed by atoms with Gasteiger partial charge in [0.1, 0.15) is 5.82 Å². The lowest BCUT2D eigenvalue weighted by atomic mass is 10.0. The molecule has 12 rings (SSSR count). The van der Waals surface area contributed by atoms with Crippen LogP contribution in [0.5, 0.6) is 0 Å². The van der Waals surface area contributed by atoms with E-state index in [1.807, 2.05) is 117 Å². The van der Waals surface area contributed by atoms with Gasteiger partial charge in [0.05, 0.1) is 31.2 Å². The van der Waals surface area contributed by atoms with Crippen molar-refractivity contribution in [1.82, 2.24) is 19.9 Å². The van der Waals surface area contributed by atoms with Crippen molar-refractivity contribution < 1.29 is 19.5 Å². The maximum Gasteiger partial charge on any atom is 0.335 e. The van der Waals surface area contributed by atoms with Gasteiger partial charge in [0.2, 0.25) is 0 Å². The summed E-state index contributed by atoms with van der Waals surface area (Å²) < 4.78 is 0. The van der Waals surface area contributed by atoms with E-state index < -0.39 is 5.97 Å². The summed E-state index contributed by atoms with van der Waals surface area (Å²) in [6.45, 7) is 8.23. The number of halogens is 4. The largest absolute Gasteiger partial charge is 0.478 e. The minimum absolute atomic E-state index is 0.155. The summed E-state index contributed by atoms with van der Waals surface area (Å²) in [7, 11) is 0. The number of carboxylic acid groups (broad SMARTS) is 1. The average Bonchev–Trinajstić information content (AvgIpc) is 4.23. The lowest BCUT2D eigenvalue weighted by Crippen LogP contribution is -2.12. The van der Waals surface area contributed by atoms with Gasteiger partial charge in [0, 0.05) is 88.7 Å². The van der Waals surface area contributed by atoms with Crippen LogP contribution in [0.4, 0.5) is 11.5 Å². The highest BCUT2D eigenvalue weighted by Gasteiger charge is 2.17. The van der Waals surface area contributed by atoms with Crippen molar-refractivity contribution in [3.63, 3.8) is 0 Å². The van der Waals surface area contributed by atoms with E-state index in [1.165, 1.54) is 22.3 Å². The van der Waals surface area contributed by atoms with Gasteiger partial charge in [-0.1, -0.05) is 119 Å². The molecule has 2 amide bonds. The molecule has 8 aromatic carbocycles. The van der Waals surface area contributed by atoms with Crippen molar-refractivity contribution in [2.24, 2.45) is 0 Å². The predicted molar refractivity (Wildman–Crippen MR) is 321 cm³/mol. The highest BCUT2D eigenvalue weighted by molar-refractivity contribution is 6.40. The first-order valence-corrected chi connectivity index (χ1v) is 26.2. The van der Waals surface area contributed by atoms with Gasteiger partial charge in [0.15, 0.2) is 0 Å². The number of aromatic carboxylic acids is 1. The molecule has 0 aliphatic rings. The van der Waals surface area contributed by atoms with E-state index in [9.17, 15) is 14.4 Å². The third-order valence-corrected chi connectivity index (χ3v) is 14.7. The van der Waals surface area contributed by atoms with Crippen LogP contribution in [-0.2, 0) is 0 Å². The van der Waals surface area contributed by atoms with E-state index in [0.29, 0.717) is 42.6 Å². The highest BCUT2D eigenvalue weighted by atomic mass is 35.5. The van der Waals surface area contributed by atoms with E-state index in [4.69, 9.17) is 51.5 Å². The maximum absolute atomic E-state index is 12.8. The zero-order valence-corrected chi connectivity index (χ0v) is 45.5. The molecule has 0 spiro atoms. The summed E-state index contributed by atoms with van der Waals surface area (Å²) >= 11 is 25.3. The van der Waals surface area contributed by atoms with Crippen molar-refractivity contribution in [3.05, 3.63) is 241 Å². The second-order valence-electron chi connectivity index (χ2n) is 18.8. The fourth-order valence-electron chi connectivity index (χ4n) is 9.30. The number of nitrogens with zero attached hydrogens (tertiary/aromatic N) is 1. The number of hydrogen-bond donors (Lipinski definition) is 6. The normalized spacial score (nSPS) is 11.0. The summed E-state index contributed by atoms with van der Waals surface area (Å²) in [5.74, 6) is -0.785. The fraction of sp³-hybridized carbons (Fsp3) is 0.0625. The van der Waals surface area contributed by atoms with Crippen molar-refractivity contribution in [2.75, 3.05) is 10.6 Å². The van der Waals surface area contributed by atoms with Crippen LogP contribution in [0.2, 0.25) is 20.1 Å². The molecule has 0 saturated heterocycles. The minimum atomic E-state index is -0.907. The van der Waals surface area contributed by atoms with E-state index in [-0.39, 0.29) is 11.8 Å². The monoisotopic (exact) mass is 1100 g/mol. The van der Waals surface area contributed by atoms with E-state index in [2.05, 4.69) is 62.6 Å². The van der Waals surface area contributed by atoms with Gasteiger partial charge < -0.3 is 30.7 Å². The number of carbonyl (C=O) groups is 3. The Morgan fingerprint density at radius 2 is 0.859 bits per heavy atom. The third-order valence-electron chi connectivity index (χ3n) is 13.5. The zero-order chi connectivity index (χ0) is 54.8.